The van der Waals surface area contributed by atoms with Crippen molar-refractivity contribution in [3.63, 3.8) is 0 Å². The minimum absolute atomic E-state index is 0.181. The third kappa shape index (κ3) is 4.45. The first-order valence-corrected chi connectivity index (χ1v) is 10.2. The first kappa shape index (κ1) is 21.5. The van der Waals surface area contributed by atoms with Crippen LogP contribution in [0.4, 0.5) is 14.9 Å². The topological polar surface area (TPSA) is 66.5 Å². The van der Waals surface area contributed by atoms with Gasteiger partial charge in [-0.3, -0.25) is 14.9 Å². The zero-order valence-electron chi connectivity index (χ0n) is 17.1. The summed E-state index contributed by atoms with van der Waals surface area (Å²) in [6.07, 6.45) is 1.83. The van der Waals surface area contributed by atoms with Crippen molar-refractivity contribution < 1.29 is 18.8 Å². The fraction of sp³-hybridized carbons (Fsp3) is 0.0800. The number of carbonyl (C=O) groups is 3. The lowest BCUT2D eigenvalue weighted by molar-refractivity contribution is -0.122. The molecule has 1 aliphatic heterocycles. The van der Waals surface area contributed by atoms with E-state index >= 15 is 0 Å². The van der Waals surface area contributed by atoms with Crippen LogP contribution in [-0.4, -0.2) is 17.8 Å². The Morgan fingerprint density at radius 3 is 2.50 bits per heavy atom. The normalized spacial score (nSPS) is 15.3. The summed E-state index contributed by atoms with van der Waals surface area (Å²) in [5, 5.41) is 2.62. The maximum atomic E-state index is 13.4. The van der Waals surface area contributed by atoms with E-state index in [0.29, 0.717) is 22.7 Å². The third-order valence-corrected chi connectivity index (χ3v) is 5.39. The zero-order chi connectivity index (χ0) is 22.8. The van der Waals surface area contributed by atoms with E-state index in [-0.39, 0.29) is 11.4 Å². The molecule has 3 aromatic carbocycles. The second kappa shape index (κ2) is 8.77. The van der Waals surface area contributed by atoms with Gasteiger partial charge in [0, 0.05) is 5.02 Å². The van der Waals surface area contributed by atoms with Crippen LogP contribution < -0.4 is 10.2 Å². The van der Waals surface area contributed by atoms with Gasteiger partial charge in [-0.15, -0.1) is 0 Å². The van der Waals surface area contributed by atoms with E-state index in [1.54, 1.807) is 48.5 Å². The lowest BCUT2D eigenvalue weighted by Crippen LogP contribution is -2.54. The quantitative estimate of drug-likeness (QED) is 0.449. The minimum atomic E-state index is -0.800. The highest BCUT2D eigenvalue weighted by Gasteiger charge is 2.36. The van der Waals surface area contributed by atoms with Gasteiger partial charge in [-0.1, -0.05) is 48.0 Å². The van der Waals surface area contributed by atoms with Crippen molar-refractivity contribution in [2.24, 2.45) is 0 Å². The van der Waals surface area contributed by atoms with Crippen molar-refractivity contribution >= 4 is 41.2 Å². The Morgan fingerprint density at radius 1 is 1.00 bits per heavy atom. The molecule has 0 unspecified atom stereocenters. The van der Waals surface area contributed by atoms with Gasteiger partial charge < -0.3 is 0 Å². The van der Waals surface area contributed by atoms with E-state index in [1.165, 1.54) is 18.2 Å². The zero-order valence-corrected chi connectivity index (χ0v) is 17.8. The molecule has 0 aromatic heterocycles. The Kier molecular flexibility index (Phi) is 5.88. The molecule has 1 N–H and O–H groups in total. The molecule has 0 atom stereocenters. The van der Waals surface area contributed by atoms with Crippen LogP contribution in [0.25, 0.3) is 6.08 Å². The van der Waals surface area contributed by atoms with Crippen molar-refractivity contribution in [3.8, 4) is 0 Å². The van der Waals surface area contributed by atoms with Gasteiger partial charge in [-0.2, -0.15) is 0 Å². The molecule has 0 spiro atoms. The Hall–Kier alpha value is -3.77. The molecule has 5 nitrogen and oxygen atoms in total. The van der Waals surface area contributed by atoms with E-state index in [2.05, 4.69) is 5.32 Å². The molecule has 4 amide bonds. The van der Waals surface area contributed by atoms with Crippen LogP contribution in [0, 0.1) is 12.7 Å². The minimum Gasteiger partial charge on any atom is -0.273 e. The monoisotopic (exact) mass is 448 g/mol. The summed E-state index contributed by atoms with van der Waals surface area (Å²) in [4.78, 5) is 38.6. The number of nitrogens with zero attached hydrogens (tertiary/aromatic N) is 1. The SMILES string of the molecule is Cc1cccc(N2C(=O)NC(=O)/C(=C\c3ccc(Cc4cccc(F)c4)c(Cl)c3)C2=O)c1. The summed E-state index contributed by atoms with van der Waals surface area (Å²) >= 11 is 6.40. The van der Waals surface area contributed by atoms with Gasteiger partial charge in [-0.05, 0) is 72.0 Å². The number of rotatable bonds is 4. The van der Waals surface area contributed by atoms with Gasteiger partial charge in [0.25, 0.3) is 11.8 Å². The standard InChI is InChI=1S/C25H18ClFN2O3/c1-15-4-2-7-20(10-15)29-24(31)21(23(30)28-25(29)32)13-17-8-9-18(22(26)14-17)11-16-5-3-6-19(27)12-16/h2-10,12-14H,11H2,1H3,(H,28,30,32)/b21-13+. The molecule has 1 saturated heterocycles. The smallest absolute Gasteiger partial charge is 0.273 e. The van der Waals surface area contributed by atoms with Crippen LogP contribution in [0.2, 0.25) is 5.02 Å². The van der Waals surface area contributed by atoms with Gasteiger partial charge in [0.2, 0.25) is 0 Å². The van der Waals surface area contributed by atoms with Gasteiger partial charge in [0.15, 0.2) is 0 Å². The van der Waals surface area contributed by atoms with Gasteiger partial charge in [-0.25, -0.2) is 14.1 Å². The number of halogens is 2. The highest BCUT2D eigenvalue weighted by molar-refractivity contribution is 6.39. The van der Waals surface area contributed by atoms with Crippen molar-refractivity contribution in [1.29, 1.82) is 0 Å². The summed E-state index contributed by atoms with van der Waals surface area (Å²) in [6.45, 7) is 1.84. The van der Waals surface area contributed by atoms with Crippen LogP contribution in [-0.2, 0) is 16.0 Å². The fourth-order valence-corrected chi connectivity index (χ4v) is 3.75. The maximum absolute atomic E-state index is 13.4. The molecular weight excluding hydrogens is 431 g/mol. The number of carbonyl (C=O) groups excluding carboxylic acids is 3. The molecule has 32 heavy (non-hydrogen) atoms. The summed E-state index contributed by atoms with van der Waals surface area (Å²) in [5.41, 5.74) is 3.12. The largest absolute Gasteiger partial charge is 0.335 e. The molecule has 7 heteroatoms. The Labute approximate surface area is 189 Å². The lowest BCUT2D eigenvalue weighted by atomic mass is 10.0. The Bertz CT molecular complexity index is 1290. The van der Waals surface area contributed by atoms with E-state index in [4.69, 9.17) is 11.6 Å². The van der Waals surface area contributed by atoms with E-state index in [0.717, 1.165) is 21.6 Å². The number of imide groups is 2. The Morgan fingerprint density at radius 2 is 1.78 bits per heavy atom. The summed E-state index contributed by atoms with van der Waals surface area (Å²) in [5.74, 6) is -1.82. The van der Waals surface area contributed by atoms with Crippen molar-refractivity contribution in [2.75, 3.05) is 4.90 Å². The van der Waals surface area contributed by atoms with Crippen LogP contribution in [0.15, 0.2) is 72.3 Å². The predicted molar refractivity (Wildman–Crippen MR) is 121 cm³/mol. The predicted octanol–water partition coefficient (Wildman–Crippen LogP) is 5.04. The molecule has 1 heterocycles. The maximum Gasteiger partial charge on any atom is 0.335 e. The highest BCUT2D eigenvalue weighted by atomic mass is 35.5. The van der Waals surface area contributed by atoms with Crippen molar-refractivity contribution in [3.05, 3.63) is 105 Å². The number of urea groups is 1. The molecule has 1 aliphatic rings. The Balaban J connectivity index is 1.63. The second-order valence-corrected chi connectivity index (χ2v) is 7.86. The van der Waals surface area contributed by atoms with Crippen molar-refractivity contribution in [2.45, 2.75) is 13.3 Å². The molecule has 160 valence electrons. The second-order valence-electron chi connectivity index (χ2n) is 7.45. The fourth-order valence-electron chi connectivity index (χ4n) is 3.49. The van der Waals surface area contributed by atoms with Crippen molar-refractivity contribution in [1.82, 2.24) is 5.32 Å². The number of anilines is 1. The number of barbiturate groups is 1. The highest BCUT2D eigenvalue weighted by Crippen LogP contribution is 2.25. The third-order valence-electron chi connectivity index (χ3n) is 5.03. The van der Waals surface area contributed by atoms with Crippen LogP contribution in [0.5, 0.6) is 0 Å². The van der Waals surface area contributed by atoms with E-state index in [1.807, 2.05) is 13.0 Å². The van der Waals surface area contributed by atoms with Gasteiger partial charge in [0.1, 0.15) is 11.4 Å². The van der Waals surface area contributed by atoms with Crippen LogP contribution in [0.1, 0.15) is 22.3 Å². The molecule has 0 bridgehead atoms. The number of amides is 4. The molecule has 0 radical (unpaired) electrons. The number of aryl methyl sites for hydroxylation is 1. The number of benzene rings is 3. The molecular formula is C25H18ClFN2O3. The van der Waals surface area contributed by atoms with Gasteiger partial charge >= 0.3 is 6.03 Å². The first-order chi connectivity index (χ1) is 15.3. The summed E-state index contributed by atoms with van der Waals surface area (Å²) in [6, 6.07) is 17.4. The molecule has 0 aliphatic carbocycles. The van der Waals surface area contributed by atoms with Crippen LogP contribution in [0.3, 0.4) is 0 Å². The van der Waals surface area contributed by atoms with E-state index in [9.17, 15) is 18.8 Å². The number of hydrogen-bond acceptors (Lipinski definition) is 3. The average Bonchev–Trinajstić information content (AvgIpc) is 2.73. The van der Waals surface area contributed by atoms with Gasteiger partial charge in [0.05, 0.1) is 5.69 Å². The first-order valence-electron chi connectivity index (χ1n) is 9.83. The molecule has 0 saturated carbocycles. The number of nitrogens with one attached hydrogen (secondary N) is 1. The summed E-state index contributed by atoms with van der Waals surface area (Å²) < 4.78 is 13.4. The number of hydrogen-bond donors (Lipinski definition) is 1. The molecule has 4 rings (SSSR count). The van der Waals surface area contributed by atoms with Crippen LogP contribution >= 0.6 is 11.6 Å². The summed E-state index contributed by atoms with van der Waals surface area (Å²) in [7, 11) is 0. The molecule has 1 fully saturated rings. The average molecular weight is 449 g/mol. The molecule has 3 aromatic rings. The lowest BCUT2D eigenvalue weighted by Gasteiger charge is -2.26. The van der Waals surface area contributed by atoms with E-state index < -0.39 is 17.8 Å².